The first-order valence-corrected chi connectivity index (χ1v) is 4.66. The van der Waals surface area contributed by atoms with Gasteiger partial charge >= 0.3 is 0 Å². The van der Waals surface area contributed by atoms with E-state index in [2.05, 4.69) is 0 Å². The fraction of sp³-hybridized carbons (Fsp3) is 0.800. The number of carbonyl (C=O) groups is 2. The van der Waals surface area contributed by atoms with E-state index in [4.69, 9.17) is 0 Å². The lowest BCUT2D eigenvalue weighted by atomic mass is 9.67. The molecule has 0 aromatic heterocycles. The lowest BCUT2D eigenvalue weighted by Gasteiger charge is -2.39. The van der Waals surface area contributed by atoms with Crippen LogP contribution in [0.1, 0.15) is 33.6 Å². The summed E-state index contributed by atoms with van der Waals surface area (Å²) in [4.78, 5) is 22.5. The minimum Gasteiger partial charge on any atom is -0.382 e. The Morgan fingerprint density at radius 1 is 1.69 bits per heavy atom. The molecule has 2 atom stereocenters. The van der Waals surface area contributed by atoms with Gasteiger partial charge < -0.3 is 5.11 Å². The van der Waals surface area contributed by atoms with Crippen LogP contribution in [0.4, 0.5) is 0 Å². The van der Waals surface area contributed by atoms with E-state index in [0.717, 1.165) is 0 Å². The second-order valence-electron chi connectivity index (χ2n) is 4.30. The average Bonchev–Trinajstić information content (AvgIpc) is 2.03. The number of ketones is 2. The van der Waals surface area contributed by atoms with Crippen molar-refractivity contribution in [2.24, 2.45) is 11.8 Å². The van der Waals surface area contributed by atoms with E-state index in [1.165, 1.54) is 0 Å². The molecule has 0 aliphatic heterocycles. The van der Waals surface area contributed by atoms with Gasteiger partial charge in [0.05, 0.1) is 0 Å². The van der Waals surface area contributed by atoms with E-state index >= 15 is 0 Å². The maximum atomic E-state index is 11.3. The predicted molar refractivity (Wildman–Crippen MR) is 48.2 cm³/mol. The van der Waals surface area contributed by atoms with Gasteiger partial charge in [0.25, 0.3) is 0 Å². The van der Waals surface area contributed by atoms with Gasteiger partial charge in [-0.2, -0.15) is 0 Å². The quantitative estimate of drug-likeness (QED) is 0.710. The number of aliphatic hydroxyl groups is 1. The van der Waals surface area contributed by atoms with Gasteiger partial charge in [0.15, 0.2) is 5.78 Å². The highest BCUT2D eigenvalue weighted by Crippen LogP contribution is 2.36. The third-order valence-corrected chi connectivity index (χ3v) is 2.66. The van der Waals surface area contributed by atoms with Gasteiger partial charge in [-0.3, -0.25) is 9.59 Å². The molecule has 1 aliphatic rings. The topological polar surface area (TPSA) is 54.4 Å². The molecule has 0 heterocycles. The average molecular weight is 184 g/mol. The number of carbonyl (C=O) groups excluding carboxylic acids is 2. The molecule has 1 rings (SSSR count). The number of hydrogen-bond acceptors (Lipinski definition) is 3. The van der Waals surface area contributed by atoms with E-state index < -0.39 is 5.60 Å². The third-order valence-electron chi connectivity index (χ3n) is 2.66. The molecule has 0 aromatic rings. The molecule has 0 radical (unpaired) electrons. The van der Waals surface area contributed by atoms with E-state index in [1.807, 2.05) is 0 Å². The number of hydrogen-bond donors (Lipinski definition) is 1. The van der Waals surface area contributed by atoms with Crippen LogP contribution in [0.2, 0.25) is 0 Å². The van der Waals surface area contributed by atoms with Crippen molar-refractivity contribution < 1.29 is 14.7 Å². The molecule has 1 aliphatic carbocycles. The Balaban J connectivity index is 2.55. The van der Waals surface area contributed by atoms with E-state index in [0.29, 0.717) is 6.42 Å². The summed E-state index contributed by atoms with van der Waals surface area (Å²) >= 11 is 0. The molecule has 0 saturated heterocycles. The predicted octanol–water partition coefficient (Wildman–Crippen LogP) is 0.942. The highest BCUT2D eigenvalue weighted by molar-refractivity contribution is 5.99. The summed E-state index contributed by atoms with van der Waals surface area (Å²) < 4.78 is 0. The maximum Gasteiger partial charge on any atom is 0.167 e. The van der Waals surface area contributed by atoms with Crippen molar-refractivity contribution in [1.82, 2.24) is 0 Å². The molecular formula is C10H16O3. The molecule has 13 heavy (non-hydrogen) atoms. The molecule has 1 unspecified atom stereocenters. The van der Waals surface area contributed by atoms with E-state index in [9.17, 15) is 14.7 Å². The maximum absolute atomic E-state index is 11.3. The first-order chi connectivity index (χ1) is 5.87. The molecule has 3 heteroatoms. The van der Waals surface area contributed by atoms with Crippen LogP contribution in [0.3, 0.4) is 0 Å². The van der Waals surface area contributed by atoms with Gasteiger partial charge in [-0.1, -0.05) is 20.8 Å². The molecule has 1 fully saturated rings. The Kier molecular flexibility index (Phi) is 2.57. The summed E-state index contributed by atoms with van der Waals surface area (Å²) in [5.41, 5.74) is -1.33. The van der Waals surface area contributed by atoms with Gasteiger partial charge in [-0.05, 0) is 6.42 Å². The summed E-state index contributed by atoms with van der Waals surface area (Å²) in [5.74, 6) is -0.401. The van der Waals surface area contributed by atoms with Gasteiger partial charge in [0.1, 0.15) is 11.4 Å². The summed E-state index contributed by atoms with van der Waals surface area (Å²) in [6, 6.07) is 0. The highest BCUT2D eigenvalue weighted by atomic mass is 16.3. The van der Waals surface area contributed by atoms with Crippen molar-refractivity contribution in [2.45, 2.75) is 39.2 Å². The van der Waals surface area contributed by atoms with Crippen molar-refractivity contribution in [3.63, 3.8) is 0 Å². The zero-order chi connectivity index (χ0) is 10.2. The van der Waals surface area contributed by atoms with Crippen molar-refractivity contribution in [1.29, 1.82) is 0 Å². The molecule has 0 amide bonds. The molecule has 1 saturated carbocycles. The van der Waals surface area contributed by atoms with Crippen LogP contribution >= 0.6 is 0 Å². The standard InChI is InChI=1S/C10H16O3/c1-6(2)8(11)5-10(13)4-7(3)9(10)12/h6-7,13H,4-5H2,1-3H3/t7?,10-/m0/s1. The Labute approximate surface area is 78.1 Å². The van der Waals surface area contributed by atoms with Crippen LogP contribution in [0, 0.1) is 11.8 Å². The Morgan fingerprint density at radius 3 is 2.54 bits per heavy atom. The van der Waals surface area contributed by atoms with Gasteiger partial charge in [0.2, 0.25) is 0 Å². The zero-order valence-corrected chi connectivity index (χ0v) is 8.33. The SMILES string of the molecule is CC(C)C(=O)C[C@@]1(O)CC(C)C1=O. The minimum absolute atomic E-state index is 0.00611. The van der Waals surface area contributed by atoms with E-state index in [-0.39, 0.29) is 29.8 Å². The van der Waals surface area contributed by atoms with Crippen LogP contribution < -0.4 is 0 Å². The monoisotopic (exact) mass is 184 g/mol. The Hall–Kier alpha value is -0.700. The highest BCUT2D eigenvalue weighted by Gasteiger charge is 2.50. The van der Waals surface area contributed by atoms with Crippen LogP contribution in [0.25, 0.3) is 0 Å². The van der Waals surface area contributed by atoms with Crippen LogP contribution in [-0.2, 0) is 9.59 Å². The fourth-order valence-electron chi connectivity index (χ4n) is 1.68. The Morgan fingerprint density at radius 2 is 2.23 bits per heavy atom. The van der Waals surface area contributed by atoms with Crippen molar-refractivity contribution in [3.8, 4) is 0 Å². The minimum atomic E-state index is -1.33. The van der Waals surface area contributed by atoms with Crippen LogP contribution in [0.5, 0.6) is 0 Å². The zero-order valence-electron chi connectivity index (χ0n) is 8.33. The molecule has 0 bridgehead atoms. The lowest BCUT2D eigenvalue weighted by molar-refractivity contribution is -0.163. The normalized spacial score (nSPS) is 33.3. The van der Waals surface area contributed by atoms with Gasteiger partial charge in [-0.25, -0.2) is 0 Å². The second-order valence-corrected chi connectivity index (χ2v) is 4.30. The molecule has 74 valence electrons. The van der Waals surface area contributed by atoms with Gasteiger partial charge in [0, 0.05) is 18.3 Å². The van der Waals surface area contributed by atoms with E-state index in [1.54, 1.807) is 20.8 Å². The molecule has 0 spiro atoms. The number of rotatable bonds is 3. The molecular weight excluding hydrogens is 168 g/mol. The van der Waals surface area contributed by atoms with Crippen LogP contribution in [-0.4, -0.2) is 22.3 Å². The van der Waals surface area contributed by atoms with Crippen LogP contribution in [0.15, 0.2) is 0 Å². The Bertz CT molecular complexity index is 245. The summed E-state index contributed by atoms with van der Waals surface area (Å²) in [5, 5.41) is 9.70. The summed E-state index contributed by atoms with van der Waals surface area (Å²) in [6.45, 7) is 5.33. The molecule has 3 nitrogen and oxygen atoms in total. The van der Waals surface area contributed by atoms with Crippen molar-refractivity contribution >= 4 is 11.6 Å². The van der Waals surface area contributed by atoms with Gasteiger partial charge in [-0.15, -0.1) is 0 Å². The fourth-order valence-corrected chi connectivity index (χ4v) is 1.68. The molecule has 0 aromatic carbocycles. The first-order valence-electron chi connectivity index (χ1n) is 4.66. The first kappa shape index (κ1) is 10.4. The van der Waals surface area contributed by atoms with Crippen molar-refractivity contribution in [3.05, 3.63) is 0 Å². The summed E-state index contributed by atoms with van der Waals surface area (Å²) in [7, 11) is 0. The number of Topliss-reactive ketones (excluding diaryl/α,β-unsaturated/α-hetero) is 2. The smallest absolute Gasteiger partial charge is 0.167 e. The lowest BCUT2D eigenvalue weighted by Crippen LogP contribution is -2.55. The largest absolute Gasteiger partial charge is 0.382 e. The second kappa shape index (κ2) is 3.22. The van der Waals surface area contributed by atoms with Crippen molar-refractivity contribution in [2.75, 3.05) is 0 Å². The molecule has 1 N–H and O–H groups in total. The third kappa shape index (κ3) is 1.80. The summed E-state index contributed by atoms with van der Waals surface area (Å²) in [6.07, 6.45) is 0.429.